The van der Waals surface area contributed by atoms with Crippen molar-refractivity contribution in [3.8, 4) is 5.75 Å². The van der Waals surface area contributed by atoms with Crippen LogP contribution in [0.1, 0.15) is 23.2 Å². The van der Waals surface area contributed by atoms with Crippen LogP contribution in [0.25, 0.3) is 0 Å². The molecule has 0 radical (unpaired) electrons. The van der Waals surface area contributed by atoms with Crippen LogP contribution in [-0.2, 0) is 21.4 Å². The zero-order chi connectivity index (χ0) is 16.0. The topological polar surface area (TPSA) is 97.4 Å². The Kier molecular flexibility index (Phi) is 6.10. The van der Waals surface area contributed by atoms with Gasteiger partial charge in [-0.15, -0.1) is 0 Å². The van der Waals surface area contributed by atoms with E-state index in [4.69, 9.17) is 4.74 Å². The molecule has 0 unspecified atom stereocenters. The summed E-state index contributed by atoms with van der Waals surface area (Å²) >= 11 is 0. The number of pyridine rings is 1. The number of carbonyl (C=O) groups excluding carboxylic acids is 1. The number of hydrogen-bond donors (Lipinski definition) is 2. The summed E-state index contributed by atoms with van der Waals surface area (Å²) in [6.07, 6.45) is 2.82. The average molecular weight is 315 g/mol. The Balaban J connectivity index is 2.54. The van der Waals surface area contributed by atoms with Gasteiger partial charge in [-0.3, -0.25) is 9.78 Å². The number of hydrogen-bond acceptors (Lipinski definition) is 5. The molecule has 2 N–H and O–H groups in total. The van der Waals surface area contributed by atoms with Gasteiger partial charge < -0.3 is 10.1 Å². The van der Waals surface area contributed by atoms with E-state index in [2.05, 4.69) is 15.0 Å². The molecule has 1 rings (SSSR count). The van der Waals surface area contributed by atoms with E-state index < -0.39 is 10.0 Å². The molecule has 0 atom stereocenters. The number of ether oxygens (including phenoxy) is 1. The summed E-state index contributed by atoms with van der Waals surface area (Å²) in [5, 5.41) is 2.70. The van der Waals surface area contributed by atoms with Crippen molar-refractivity contribution in [1.82, 2.24) is 15.0 Å². The van der Waals surface area contributed by atoms with Crippen molar-refractivity contribution in [2.75, 3.05) is 19.9 Å². The highest BCUT2D eigenvalue weighted by atomic mass is 32.2. The van der Waals surface area contributed by atoms with Gasteiger partial charge in [-0.25, -0.2) is 13.1 Å². The minimum Gasteiger partial charge on any atom is -0.496 e. The number of nitrogens with zero attached hydrogens (tertiary/aromatic N) is 1. The van der Waals surface area contributed by atoms with Crippen molar-refractivity contribution in [2.24, 2.45) is 0 Å². The average Bonchev–Trinajstić information content (AvgIpc) is 2.37. The lowest BCUT2D eigenvalue weighted by molar-refractivity contribution is -0.121. The third-order valence-electron chi connectivity index (χ3n) is 2.92. The SMILES string of the molecule is COc1c(C)cnc(CNC(=O)CCNS(C)(=O)=O)c1C. The van der Waals surface area contributed by atoms with Gasteiger partial charge in [-0.2, -0.15) is 0 Å². The summed E-state index contributed by atoms with van der Waals surface area (Å²) in [5.74, 6) is 0.514. The molecule has 118 valence electrons. The lowest BCUT2D eigenvalue weighted by Crippen LogP contribution is -2.30. The molecule has 0 aliphatic heterocycles. The zero-order valence-corrected chi connectivity index (χ0v) is 13.5. The van der Waals surface area contributed by atoms with Crippen LogP contribution in [-0.4, -0.2) is 39.2 Å². The minimum absolute atomic E-state index is 0.0777. The first kappa shape index (κ1) is 17.4. The quantitative estimate of drug-likeness (QED) is 0.752. The van der Waals surface area contributed by atoms with Crippen molar-refractivity contribution >= 4 is 15.9 Å². The summed E-state index contributed by atoms with van der Waals surface area (Å²) in [6.45, 7) is 4.14. The third kappa shape index (κ3) is 5.68. The molecule has 1 heterocycles. The van der Waals surface area contributed by atoms with E-state index in [-0.39, 0.29) is 25.4 Å². The van der Waals surface area contributed by atoms with E-state index in [1.807, 2.05) is 13.8 Å². The first-order chi connectivity index (χ1) is 9.74. The second kappa shape index (κ2) is 7.37. The third-order valence-corrected chi connectivity index (χ3v) is 3.65. The molecule has 0 aliphatic carbocycles. The molecular weight excluding hydrogens is 294 g/mol. The fraction of sp³-hybridized carbons (Fsp3) is 0.538. The number of nitrogens with one attached hydrogen (secondary N) is 2. The molecule has 0 saturated heterocycles. The smallest absolute Gasteiger partial charge is 0.221 e. The molecule has 0 fully saturated rings. The Morgan fingerprint density at radius 1 is 1.38 bits per heavy atom. The van der Waals surface area contributed by atoms with Gasteiger partial charge in [0.1, 0.15) is 5.75 Å². The van der Waals surface area contributed by atoms with E-state index in [1.165, 1.54) is 0 Å². The zero-order valence-electron chi connectivity index (χ0n) is 12.7. The highest BCUT2D eigenvalue weighted by Crippen LogP contribution is 2.23. The van der Waals surface area contributed by atoms with Gasteiger partial charge in [-0.1, -0.05) is 0 Å². The second-order valence-electron chi connectivity index (χ2n) is 4.74. The maximum atomic E-state index is 11.6. The molecule has 7 nitrogen and oxygen atoms in total. The van der Waals surface area contributed by atoms with Gasteiger partial charge in [0.2, 0.25) is 15.9 Å². The number of methoxy groups -OCH3 is 1. The van der Waals surface area contributed by atoms with E-state index in [0.29, 0.717) is 0 Å². The Bertz CT molecular complexity index is 614. The first-order valence-corrected chi connectivity index (χ1v) is 8.34. The van der Waals surface area contributed by atoms with E-state index in [0.717, 1.165) is 28.8 Å². The molecule has 1 aromatic heterocycles. The molecule has 1 aromatic rings. The van der Waals surface area contributed by atoms with Crippen molar-refractivity contribution in [1.29, 1.82) is 0 Å². The monoisotopic (exact) mass is 315 g/mol. The fourth-order valence-corrected chi connectivity index (χ4v) is 2.34. The van der Waals surface area contributed by atoms with Crippen LogP contribution in [0.5, 0.6) is 5.75 Å². The lowest BCUT2D eigenvalue weighted by Gasteiger charge is -2.12. The maximum Gasteiger partial charge on any atom is 0.221 e. The highest BCUT2D eigenvalue weighted by molar-refractivity contribution is 7.88. The Labute approximate surface area is 125 Å². The second-order valence-corrected chi connectivity index (χ2v) is 6.57. The van der Waals surface area contributed by atoms with Crippen LogP contribution in [0.4, 0.5) is 0 Å². The number of aromatic nitrogens is 1. The highest BCUT2D eigenvalue weighted by Gasteiger charge is 2.10. The molecule has 8 heteroatoms. The van der Waals surface area contributed by atoms with Crippen LogP contribution in [0, 0.1) is 13.8 Å². The predicted molar refractivity (Wildman–Crippen MR) is 79.6 cm³/mol. The van der Waals surface area contributed by atoms with Crippen molar-refractivity contribution < 1.29 is 17.9 Å². The standard InChI is InChI=1S/C13H21N3O4S/c1-9-7-14-11(10(2)13(9)20-3)8-15-12(17)5-6-16-21(4,18)19/h7,16H,5-6,8H2,1-4H3,(H,15,17). The van der Waals surface area contributed by atoms with Crippen molar-refractivity contribution in [3.63, 3.8) is 0 Å². The van der Waals surface area contributed by atoms with Crippen molar-refractivity contribution in [2.45, 2.75) is 26.8 Å². The first-order valence-electron chi connectivity index (χ1n) is 6.45. The van der Waals surface area contributed by atoms with Crippen LogP contribution >= 0.6 is 0 Å². The molecule has 0 aromatic carbocycles. The molecule has 0 spiro atoms. The minimum atomic E-state index is -3.27. The van der Waals surface area contributed by atoms with Crippen LogP contribution in [0.15, 0.2) is 6.20 Å². The molecular formula is C13H21N3O4S. The number of carbonyl (C=O) groups is 1. The van der Waals surface area contributed by atoms with E-state index >= 15 is 0 Å². The Hall–Kier alpha value is -1.67. The van der Waals surface area contributed by atoms with Crippen LogP contribution in [0.2, 0.25) is 0 Å². The molecule has 0 saturated carbocycles. The molecule has 0 bridgehead atoms. The molecule has 21 heavy (non-hydrogen) atoms. The molecule has 1 amide bonds. The van der Waals surface area contributed by atoms with Gasteiger partial charge >= 0.3 is 0 Å². The summed E-state index contributed by atoms with van der Waals surface area (Å²) in [5.41, 5.74) is 2.54. The van der Waals surface area contributed by atoms with Crippen molar-refractivity contribution in [3.05, 3.63) is 23.0 Å². The number of aryl methyl sites for hydroxylation is 1. The number of amides is 1. The van der Waals surface area contributed by atoms with Gasteiger partial charge in [0.15, 0.2) is 0 Å². The van der Waals surface area contributed by atoms with Gasteiger partial charge in [0, 0.05) is 30.3 Å². The van der Waals surface area contributed by atoms with Crippen LogP contribution in [0.3, 0.4) is 0 Å². The summed E-state index contributed by atoms with van der Waals surface area (Å²) < 4.78 is 29.3. The van der Waals surface area contributed by atoms with Gasteiger partial charge in [-0.05, 0) is 13.8 Å². The van der Waals surface area contributed by atoms with E-state index in [9.17, 15) is 13.2 Å². The normalized spacial score (nSPS) is 11.2. The fourth-order valence-electron chi connectivity index (χ4n) is 1.87. The van der Waals surface area contributed by atoms with Gasteiger partial charge in [0.05, 0.1) is 25.6 Å². The summed E-state index contributed by atoms with van der Waals surface area (Å²) in [4.78, 5) is 15.9. The summed E-state index contributed by atoms with van der Waals surface area (Å²) in [7, 11) is -1.67. The Morgan fingerprint density at radius 3 is 2.62 bits per heavy atom. The lowest BCUT2D eigenvalue weighted by atomic mass is 10.1. The predicted octanol–water partition coefficient (Wildman–Crippen LogP) is 0.263. The van der Waals surface area contributed by atoms with Gasteiger partial charge in [0.25, 0.3) is 0 Å². The summed E-state index contributed by atoms with van der Waals surface area (Å²) in [6, 6.07) is 0. The maximum absolute atomic E-state index is 11.6. The molecule has 0 aliphatic rings. The number of rotatable bonds is 7. The number of sulfonamides is 1. The van der Waals surface area contributed by atoms with E-state index in [1.54, 1.807) is 13.3 Å². The Morgan fingerprint density at radius 2 is 2.05 bits per heavy atom. The van der Waals surface area contributed by atoms with Crippen LogP contribution < -0.4 is 14.8 Å². The largest absolute Gasteiger partial charge is 0.496 e.